The minimum Gasteiger partial charge on any atom is -0.493 e. The van der Waals surface area contributed by atoms with E-state index in [1.165, 1.54) is 0 Å². The van der Waals surface area contributed by atoms with Gasteiger partial charge in [0.1, 0.15) is 5.75 Å². The third kappa shape index (κ3) is 7.59. The molecule has 0 saturated carbocycles. The Hall–Kier alpha value is -1.71. The number of rotatable bonds is 6. The SMILES string of the molecule is CC(C)CCOc1ccccc1CN=C(N)NC(C)(C)C. The molecule has 0 aliphatic rings. The molecule has 4 nitrogen and oxygen atoms in total. The first kappa shape index (κ1) is 17.3. The van der Waals surface area contributed by atoms with Gasteiger partial charge in [0.25, 0.3) is 0 Å². The Balaban J connectivity index is 2.64. The molecule has 1 aromatic carbocycles. The number of nitrogens with two attached hydrogens (primary N) is 1. The van der Waals surface area contributed by atoms with Crippen LogP contribution in [-0.4, -0.2) is 18.1 Å². The fraction of sp³-hybridized carbons (Fsp3) is 0.588. The lowest BCUT2D eigenvalue weighted by atomic mass is 10.1. The number of hydrogen-bond donors (Lipinski definition) is 2. The van der Waals surface area contributed by atoms with Gasteiger partial charge in [-0.2, -0.15) is 0 Å². The fourth-order valence-corrected chi connectivity index (χ4v) is 1.77. The normalized spacial score (nSPS) is 12.6. The second-order valence-electron chi connectivity index (χ2n) is 6.72. The van der Waals surface area contributed by atoms with Crippen LogP contribution in [0.5, 0.6) is 5.75 Å². The molecule has 0 radical (unpaired) electrons. The molecule has 0 amide bonds. The topological polar surface area (TPSA) is 59.6 Å². The Morgan fingerprint density at radius 2 is 1.95 bits per heavy atom. The van der Waals surface area contributed by atoms with Gasteiger partial charge in [-0.1, -0.05) is 32.0 Å². The van der Waals surface area contributed by atoms with Crippen molar-refractivity contribution in [2.75, 3.05) is 6.61 Å². The van der Waals surface area contributed by atoms with E-state index in [0.29, 0.717) is 18.4 Å². The number of benzene rings is 1. The lowest BCUT2D eigenvalue weighted by Gasteiger charge is -2.21. The molecule has 0 unspecified atom stereocenters. The standard InChI is InChI=1S/C17H29N3O/c1-13(2)10-11-21-15-9-7-6-8-14(15)12-19-16(18)20-17(3,4)5/h6-9,13H,10-12H2,1-5H3,(H3,18,19,20). The molecule has 21 heavy (non-hydrogen) atoms. The van der Waals surface area contributed by atoms with E-state index < -0.39 is 0 Å². The fourth-order valence-electron chi connectivity index (χ4n) is 1.77. The summed E-state index contributed by atoms with van der Waals surface area (Å²) in [6, 6.07) is 7.99. The zero-order valence-corrected chi connectivity index (χ0v) is 13.9. The molecule has 0 aliphatic carbocycles. The molecule has 4 heteroatoms. The third-order valence-corrected chi connectivity index (χ3v) is 2.85. The van der Waals surface area contributed by atoms with Gasteiger partial charge < -0.3 is 15.8 Å². The van der Waals surface area contributed by atoms with E-state index in [1.807, 2.05) is 24.3 Å². The number of guanidine groups is 1. The largest absolute Gasteiger partial charge is 0.493 e. The Kier molecular flexibility index (Phi) is 6.53. The van der Waals surface area contributed by atoms with Crippen LogP contribution in [-0.2, 0) is 6.54 Å². The van der Waals surface area contributed by atoms with Crippen molar-refractivity contribution in [1.29, 1.82) is 0 Å². The van der Waals surface area contributed by atoms with Crippen LogP contribution in [0.2, 0.25) is 0 Å². The Morgan fingerprint density at radius 1 is 1.29 bits per heavy atom. The summed E-state index contributed by atoms with van der Waals surface area (Å²) in [7, 11) is 0. The van der Waals surface area contributed by atoms with Crippen LogP contribution < -0.4 is 15.8 Å². The average Bonchev–Trinajstić information content (AvgIpc) is 2.35. The van der Waals surface area contributed by atoms with Crippen LogP contribution in [0.4, 0.5) is 0 Å². The highest BCUT2D eigenvalue weighted by atomic mass is 16.5. The number of hydrogen-bond acceptors (Lipinski definition) is 2. The first-order valence-corrected chi connectivity index (χ1v) is 7.57. The van der Waals surface area contributed by atoms with Crippen molar-refractivity contribution >= 4 is 5.96 Å². The van der Waals surface area contributed by atoms with Crippen molar-refractivity contribution in [3.8, 4) is 5.75 Å². The molecule has 0 aromatic heterocycles. The van der Waals surface area contributed by atoms with Crippen molar-refractivity contribution in [2.45, 2.75) is 53.1 Å². The van der Waals surface area contributed by atoms with E-state index in [9.17, 15) is 0 Å². The highest BCUT2D eigenvalue weighted by Gasteiger charge is 2.10. The zero-order chi connectivity index (χ0) is 15.9. The molecule has 1 rings (SSSR count). The lowest BCUT2D eigenvalue weighted by Crippen LogP contribution is -2.44. The molecule has 0 spiro atoms. The van der Waals surface area contributed by atoms with E-state index in [-0.39, 0.29) is 5.54 Å². The molecule has 0 atom stereocenters. The van der Waals surface area contributed by atoms with E-state index >= 15 is 0 Å². The van der Waals surface area contributed by atoms with Gasteiger partial charge in [0.15, 0.2) is 5.96 Å². The van der Waals surface area contributed by atoms with E-state index in [0.717, 1.165) is 24.3 Å². The second kappa shape index (κ2) is 7.91. The summed E-state index contributed by atoms with van der Waals surface area (Å²) in [6.45, 7) is 11.8. The van der Waals surface area contributed by atoms with Gasteiger partial charge in [-0.05, 0) is 39.2 Å². The van der Waals surface area contributed by atoms with Crippen LogP contribution in [0.1, 0.15) is 46.6 Å². The van der Waals surface area contributed by atoms with E-state index in [2.05, 4.69) is 44.9 Å². The molecule has 0 heterocycles. The third-order valence-electron chi connectivity index (χ3n) is 2.85. The van der Waals surface area contributed by atoms with E-state index in [4.69, 9.17) is 10.5 Å². The minimum absolute atomic E-state index is 0.0825. The zero-order valence-electron chi connectivity index (χ0n) is 13.9. The molecule has 3 N–H and O–H groups in total. The van der Waals surface area contributed by atoms with Crippen LogP contribution in [0, 0.1) is 5.92 Å². The second-order valence-corrected chi connectivity index (χ2v) is 6.72. The Labute approximate surface area is 128 Å². The predicted octanol–water partition coefficient (Wildman–Crippen LogP) is 3.31. The summed E-state index contributed by atoms with van der Waals surface area (Å²) in [6.07, 6.45) is 1.05. The molecule has 0 saturated heterocycles. The van der Waals surface area contributed by atoms with Gasteiger partial charge in [0, 0.05) is 11.1 Å². The Morgan fingerprint density at radius 3 is 2.57 bits per heavy atom. The molecular weight excluding hydrogens is 262 g/mol. The first-order valence-electron chi connectivity index (χ1n) is 7.57. The maximum absolute atomic E-state index is 5.90. The molecular formula is C17H29N3O. The number of aliphatic imine (C=N–C) groups is 1. The summed E-state index contributed by atoms with van der Waals surface area (Å²) in [5.41, 5.74) is 6.87. The van der Waals surface area contributed by atoms with Gasteiger partial charge in [-0.25, -0.2) is 4.99 Å². The minimum atomic E-state index is -0.0825. The van der Waals surface area contributed by atoms with Gasteiger partial charge in [0.2, 0.25) is 0 Å². The highest BCUT2D eigenvalue weighted by molar-refractivity contribution is 5.78. The smallest absolute Gasteiger partial charge is 0.189 e. The quantitative estimate of drug-likeness (QED) is 0.624. The molecule has 0 bridgehead atoms. The molecule has 118 valence electrons. The Bertz CT molecular complexity index is 461. The number of nitrogens with one attached hydrogen (secondary N) is 1. The average molecular weight is 291 g/mol. The predicted molar refractivity (Wildman–Crippen MR) is 89.6 cm³/mol. The van der Waals surface area contributed by atoms with Crippen LogP contribution >= 0.6 is 0 Å². The maximum Gasteiger partial charge on any atom is 0.189 e. The van der Waals surface area contributed by atoms with Crippen LogP contribution in [0.15, 0.2) is 29.3 Å². The van der Waals surface area contributed by atoms with Crippen molar-refractivity contribution in [3.63, 3.8) is 0 Å². The van der Waals surface area contributed by atoms with Gasteiger partial charge in [-0.15, -0.1) is 0 Å². The molecule has 0 aliphatic heterocycles. The first-order chi connectivity index (χ1) is 9.78. The highest BCUT2D eigenvalue weighted by Crippen LogP contribution is 2.19. The summed E-state index contributed by atoms with van der Waals surface area (Å²) >= 11 is 0. The van der Waals surface area contributed by atoms with Crippen molar-refractivity contribution < 1.29 is 4.74 Å². The lowest BCUT2D eigenvalue weighted by molar-refractivity contribution is 0.287. The van der Waals surface area contributed by atoms with E-state index in [1.54, 1.807) is 0 Å². The molecule has 0 fully saturated rings. The van der Waals surface area contributed by atoms with Crippen molar-refractivity contribution in [3.05, 3.63) is 29.8 Å². The summed E-state index contributed by atoms with van der Waals surface area (Å²) < 4.78 is 5.85. The van der Waals surface area contributed by atoms with Crippen molar-refractivity contribution in [2.24, 2.45) is 16.6 Å². The van der Waals surface area contributed by atoms with Crippen molar-refractivity contribution in [1.82, 2.24) is 5.32 Å². The number of ether oxygens (including phenoxy) is 1. The summed E-state index contributed by atoms with van der Waals surface area (Å²) in [5.74, 6) is 1.99. The molecule has 1 aromatic rings. The van der Waals surface area contributed by atoms with Gasteiger partial charge in [-0.3, -0.25) is 0 Å². The maximum atomic E-state index is 5.90. The van der Waals surface area contributed by atoms with Gasteiger partial charge in [0.05, 0.1) is 13.2 Å². The van der Waals surface area contributed by atoms with Gasteiger partial charge >= 0.3 is 0 Å². The number of para-hydroxylation sites is 1. The van der Waals surface area contributed by atoms with Crippen LogP contribution in [0.3, 0.4) is 0 Å². The monoisotopic (exact) mass is 291 g/mol. The number of nitrogens with zero attached hydrogens (tertiary/aromatic N) is 1. The summed E-state index contributed by atoms with van der Waals surface area (Å²) in [5, 5.41) is 3.15. The van der Waals surface area contributed by atoms with Crippen LogP contribution in [0.25, 0.3) is 0 Å². The summed E-state index contributed by atoms with van der Waals surface area (Å²) in [4.78, 5) is 4.39.